The van der Waals surface area contributed by atoms with Crippen LogP contribution in [0.5, 0.6) is 0 Å². The van der Waals surface area contributed by atoms with Gasteiger partial charge in [0.05, 0.1) is 22.6 Å². The summed E-state index contributed by atoms with van der Waals surface area (Å²) in [6.07, 6.45) is 4.43. The molecule has 0 bridgehead atoms. The van der Waals surface area contributed by atoms with Gasteiger partial charge in [-0.1, -0.05) is 11.6 Å². The Bertz CT molecular complexity index is 1330. The molecule has 0 unspecified atom stereocenters. The fraction of sp³-hybridized carbons (Fsp3) is 0.0952. The van der Waals surface area contributed by atoms with E-state index in [4.69, 9.17) is 16.3 Å². The Balaban J connectivity index is 1.40. The Kier molecular flexibility index (Phi) is 5.86. The number of esters is 1. The van der Waals surface area contributed by atoms with Crippen LogP contribution in [0.1, 0.15) is 16.1 Å². The first-order valence-corrected chi connectivity index (χ1v) is 9.79. The summed E-state index contributed by atoms with van der Waals surface area (Å²) in [5.74, 6) is -1.22. The Morgan fingerprint density at radius 2 is 1.97 bits per heavy atom. The molecule has 0 aliphatic rings. The maximum absolute atomic E-state index is 12.3. The molecule has 0 atom stereocenters. The molecule has 0 saturated carbocycles. The molecule has 162 valence electrons. The second-order valence-electron chi connectivity index (χ2n) is 6.74. The quantitative estimate of drug-likeness (QED) is 0.433. The molecule has 0 saturated heterocycles. The van der Waals surface area contributed by atoms with Crippen molar-refractivity contribution in [2.45, 2.75) is 6.92 Å². The average molecular weight is 453 g/mol. The van der Waals surface area contributed by atoms with Crippen LogP contribution in [0.3, 0.4) is 0 Å². The third kappa shape index (κ3) is 4.44. The number of anilines is 1. The van der Waals surface area contributed by atoms with Crippen molar-refractivity contribution in [3.63, 3.8) is 0 Å². The zero-order valence-electron chi connectivity index (χ0n) is 16.8. The molecule has 0 radical (unpaired) electrons. The molecule has 0 aliphatic heterocycles. The van der Waals surface area contributed by atoms with E-state index < -0.39 is 18.5 Å². The predicted molar refractivity (Wildman–Crippen MR) is 116 cm³/mol. The molecule has 0 spiro atoms. The first-order valence-electron chi connectivity index (χ1n) is 9.41. The molecule has 2 aromatic heterocycles. The van der Waals surface area contributed by atoms with Gasteiger partial charge in [0.15, 0.2) is 6.61 Å². The van der Waals surface area contributed by atoms with Gasteiger partial charge in [-0.25, -0.2) is 19.3 Å². The van der Waals surface area contributed by atoms with E-state index in [-0.39, 0.29) is 11.3 Å². The van der Waals surface area contributed by atoms with Crippen molar-refractivity contribution in [2.75, 3.05) is 11.9 Å². The van der Waals surface area contributed by atoms with Gasteiger partial charge in [-0.2, -0.15) is 5.10 Å². The van der Waals surface area contributed by atoms with Crippen molar-refractivity contribution in [3.05, 3.63) is 88.1 Å². The van der Waals surface area contributed by atoms with Crippen molar-refractivity contribution in [2.24, 2.45) is 0 Å². The lowest BCUT2D eigenvalue weighted by Crippen LogP contribution is -2.22. The molecule has 10 nitrogen and oxygen atoms in total. The van der Waals surface area contributed by atoms with Crippen LogP contribution < -0.4 is 11.0 Å². The van der Waals surface area contributed by atoms with Gasteiger partial charge >= 0.3 is 11.7 Å². The monoisotopic (exact) mass is 452 g/mol. The van der Waals surface area contributed by atoms with Gasteiger partial charge < -0.3 is 15.0 Å². The number of H-pyrrole nitrogens is 1. The van der Waals surface area contributed by atoms with Crippen molar-refractivity contribution in [1.29, 1.82) is 0 Å². The number of ether oxygens (including phenoxy) is 1. The van der Waals surface area contributed by atoms with Crippen LogP contribution in [0, 0.1) is 6.92 Å². The molecule has 4 aromatic rings. The number of imidazole rings is 1. The topological polar surface area (TPSA) is 124 Å². The molecular weight excluding hydrogens is 436 g/mol. The van der Waals surface area contributed by atoms with E-state index in [2.05, 4.69) is 20.4 Å². The number of carbonyl (C=O) groups excluding carboxylic acids is 2. The smallest absolute Gasteiger partial charge is 0.338 e. The molecule has 0 aliphatic carbocycles. The molecular formula is C21H17ClN6O4. The number of aromatic amines is 1. The van der Waals surface area contributed by atoms with Crippen molar-refractivity contribution in [1.82, 2.24) is 24.3 Å². The van der Waals surface area contributed by atoms with E-state index in [0.29, 0.717) is 22.1 Å². The number of nitrogens with one attached hydrogen (secondary N) is 2. The molecule has 4 rings (SSSR count). The standard InChI is InChI=1S/C21H17ClN6O4/c1-13-9-24-21(31)28(13)16-5-2-14(3-6-16)20(30)32-10-19(29)26-17-8-15(22)4-7-18(17)27-12-23-11-25-27/h2-9,11-12H,10H2,1H3,(H,24,31)(H,26,29). The summed E-state index contributed by atoms with van der Waals surface area (Å²) in [4.78, 5) is 43.0. The molecule has 0 fully saturated rings. The summed E-state index contributed by atoms with van der Waals surface area (Å²) in [5, 5.41) is 7.11. The summed E-state index contributed by atoms with van der Waals surface area (Å²) in [7, 11) is 0. The molecule has 32 heavy (non-hydrogen) atoms. The van der Waals surface area contributed by atoms with Crippen LogP contribution >= 0.6 is 11.6 Å². The Labute approximate surface area is 186 Å². The Morgan fingerprint density at radius 3 is 2.62 bits per heavy atom. The fourth-order valence-electron chi connectivity index (χ4n) is 3.06. The third-order valence-corrected chi connectivity index (χ3v) is 4.79. The number of carbonyl (C=O) groups is 2. The highest BCUT2D eigenvalue weighted by atomic mass is 35.5. The molecule has 2 aromatic carbocycles. The maximum atomic E-state index is 12.3. The highest BCUT2D eigenvalue weighted by Crippen LogP contribution is 2.24. The lowest BCUT2D eigenvalue weighted by molar-refractivity contribution is -0.119. The highest BCUT2D eigenvalue weighted by molar-refractivity contribution is 6.31. The van der Waals surface area contributed by atoms with Crippen molar-refractivity contribution >= 4 is 29.2 Å². The van der Waals surface area contributed by atoms with E-state index in [0.717, 1.165) is 5.69 Å². The largest absolute Gasteiger partial charge is 0.452 e. The van der Waals surface area contributed by atoms with E-state index in [1.54, 1.807) is 43.5 Å². The highest BCUT2D eigenvalue weighted by Gasteiger charge is 2.14. The minimum absolute atomic E-state index is 0.244. The number of nitrogens with zero attached hydrogens (tertiary/aromatic N) is 4. The minimum atomic E-state index is -0.674. The molecule has 2 heterocycles. The number of hydrogen-bond acceptors (Lipinski definition) is 6. The van der Waals surface area contributed by atoms with Crippen LogP contribution in [-0.2, 0) is 9.53 Å². The first kappa shape index (κ1) is 21.1. The van der Waals surface area contributed by atoms with Gasteiger partial charge in [-0.15, -0.1) is 0 Å². The Morgan fingerprint density at radius 1 is 1.19 bits per heavy atom. The van der Waals surface area contributed by atoms with Gasteiger partial charge in [0.2, 0.25) is 0 Å². The number of aryl methyl sites for hydroxylation is 1. The SMILES string of the molecule is Cc1c[nH]c(=O)n1-c1ccc(C(=O)OCC(=O)Nc2cc(Cl)ccc2-n2cncn2)cc1. The summed E-state index contributed by atoms with van der Waals surface area (Å²) < 4.78 is 8.05. The van der Waals surface area contributed by atoms with Crippen LogP contribution in [0.25, 0.3) is 11.4 Å². The van der Waals surface area contributed by atoms with E-state index in [9.17, 15) is 14.4 Å². The second kappa shape index (κ2) is 8.90. The lowest BCUT2D eigenvalue weighted by Gasteiger charge is -2.12. The first-order chi connectivity index (χ1) is 15.4. The summed E-state index contributed by atoms with van der Waals surface area (Å²) in [6.45, 7) is 1.28. The minimum Gasteiger partial charge on any atom is -0.452 e. The summed E-state index contributed by atoms with van der Waals surface area (Å²) in [5.41, 5.74) is 2.24. The normalized spacial score (nSPS) is 10.7. The van der Waals surface area contributed by atoms with Gasteiger partial charge in [0, 0.05) is 16.9 Å². The van der Waals surface area contributed by atoms with E-state index >= 15 is 0 Å². The molecule has 2 N–H and O–H groups in total. The zero-order valence-corrected chi connectivity index (χ0v) is 17.5. The molecule has 1 amide bonds. The number of benzene rings is 2. The average Bonchev–Trinajstić information content (AvgIpc) is 3.42. The van der Waals surface area contributed by atoms with Crippen LogP contribution in [0.4, 0.5) is 5.69 Å². The third-order valence-electron chi connectivity index (χ3n) is 4.55. The number of aromatic nitrogens is 5. The van der Waals surface area contributed by atoms with E-state index in [1.165, 1.54) is 34.0 Å². The number of amides is 1. The predicted octanol–water partition coefficient (Wildman–Crippen LogP) is 2.50. The molecule has 11 heteroatoms. The van der Waals surface area contributed by atoms with E-state index in [1.807, 2.05) is 0 Å². The van der Waals surface area contributed by atoms with Gasteiger partial charge in [-0.3, -0.25) is 9.36 Å². The number of halogens is 1. The Hall–Kier alpha value is -4.18. The zero-order chi connectivity index (χ0) is 22.7. The van der Waals surface area contributed by atoms with Crippen LogP contribution in [-0.4, -0.2) is 42.8 Å². The number of rotatable bonds is 6. The van der Waals surface area contributed by atoms with Crippen LogP contribution in [0.15, 0.2) is 66.1 Å². The lowest BCUT2D eigenvalue weighted by atomic mass is 10.2. The van der Waals surface area contributed by atoms with Crippen molar-refractivity contribution < 1.29 is 14.3 Å². The number of hydrogen-bond donors (Lipinski definition) is 2. The van der Waals surface area contributed by atoms with Gasteiger partial charge in [0.1, 0.15) is 12.7 Å². The summed E-state index contributed by atoms with van der Waals surface area (Å²) >= 11 is 6.03. The van der Waals surface area contributed by atoms with Gasteiger partial charge in [-0.05, 0) is 49.4 Å². The summed E-state index contributed by atoms with van der Waals surface area (Å²) in [6, 6.07) is 11.2. The second-order valence-corrected chi connectivity index (χ2v) is 7.18. The fourth-order valence-corrected chi connectivity index (χ4v) is 3.24. The van der Waals surface area contributed by atoms with Crippen LogP contribution in [0.2, 0.25) is 5.02 Å². The maximum Gasteiger partial charge on any atom is 0.338 e. The van der Waals surface area contributed by atoms with Gasteiger partial charge in [0.25, 0.3) is 5.91 Å². The van der Waals surface area contributed by atoms with Crippen molar-refractivity contribution in [3.8, 4) is 11.4 Å².